The summed E-state index contributed by atoms with van der Waals surface area (Å²) in [6.45, 7) is 7.93. The van der Waals surface area contributed by atoms with Crippen molar-refractivity contribution in [3.8, 4) is 11.3 Å². The standard InChI is InChI=1S/C33H36FN5O4/c1-19-25(14-15-26(34)28(19)36-30(41)20-8-11-23(12-9-20)33(2,3)4)27-17-22(31(42)39(7)37-27)16-24-13-10-21(18-35-24)29(40)32(43)38(5)6/h8-15,17-18,29,40H,16H2,1-7H3,(H,36,41). The maximum atomic E-state index is 15.0. The van der Waals surface area contributed by atoms with Crippen LogP contribution in [0.3, 0.4) is 0 Å². The van der Waals surface area contributed by atoms with Gasteiger partial charge in [0, 0.05) is 61.7 Å². The number of nitrogens with one attached hydrogen (secondary N) is 1. The second-order valence-corrected chi connectivity index (χ2v) is 11.8. The van der Waals surface area contributed by atoms with Gasteiger partial charge in [0.05, 0.1) is 11.4 Å². The second kappa shape index (κ2) is 12.3. The van der Waals surface area contributed by atoms with Crippen molar-refractivity contribution in [2.24, 2.45) is 7.05 Å². The molecule has 2 N–H and O–H groups in total. The number of pyridine rings is 1. The van der Waals surface area contributed by atoms with Gasteiger partial charge in [0.15, 0.2) is 6.10 Å². The molecule has 0 radical (unpaired) electrons. The number of likely N-dealkylation sites (N-methyl/N-ethyl adjacent to an activating group) is 1. The Hall–Kier alpha value is -4.70. The molecule has 0 aliphatic carbocycles. The Bertz CT molecular complexity index is 1720. The highest BCUT2D eigenvalue weighted by atomic mass is 19.1. The minimum absolute atomic E-state index is 0.0303. The maximum absolute atomic E-state index is 15.0. The third kappa shape index (κ3) is 6.86. The minimum atomic E-state index is -1.34. The minimum Gasteiger partial charge on any atom is -0.378 e. The maximum Gasteiger partial charge on any atom is 0.270 e. The van der Waals surface area contributed by atoms with Crippen molar-refractivity contribution in [3.05, 3.63) is 110 Å². The Morgan fingerprint density at radius 3 is 2.33 bits per heavy atom. The van der Waals surface area contributed by atoms with E-state index in [1.54, 1.807) is 57.4 Å². The second-order valence-electron chi connectivity index (χ2n) is 11.8. The predicted molar refractivity (Wildman–Crippen MR) is 163 cm³/mol. The van der Waals surface area contributed by atoms with E-state index in [0.29, 0.717) is 39.2 Å². The normalized spacial score (nSPS) is 12.1. The molecule has 9 nitrogen and oxygen atoms in total. The fourth-order valence-corrected chi connectivity index (χ4v) is 4.63. The Morgan fingerprint density at radius 1 is 1.07 bits per heavy atom. The van der Waals surface area contributed by atoms with Gasteiger partial charge in [-0.2, -0.15) is 5.10 Å². The SMILES string of the molecule is Cc1c(-c2cc(Cc3ccc(C(O)C(=O)N(C)C)cn3)c(=O)n(C)n2)ccc(F)c1NC(=O)c1ccc(C(C)(C)C)cc1. The monoisotopic (exact) mass is 585 g/mol. The zero-order valence-corrected chi connectivity index (χ0v) is 25.4. The molecule has 0 saturated heterocycles. The van der Waals surface area contributed by atoms with Gasteiger partial charge in [-0.15, -0.1) is 0 Å². The third-order valence-electron chi connectivity index (χ3n) is 7.29. The van der Waals surface area contributed by atoms with Crippen molar-refractivity contribution < 1.29 is 19.1 Å². The molecule has 0 saturated carbocycles. The Morgan fingerprint density at radius 2 is 1.74 bits per heavy atom. The summed E-state index contributed by atoms with van der Waals surface area (Å²) >= 11 is 0. The summed E-state index contributed by atoms with van der Waals surface area (Å²) in [6.07, 6.45) is 0.231. The van der Waals surface area contributed by atoms with Crippen LogP contribution in [0.15, 0.2) is 65.6 Å². The highest BCUT2D eigenvalue weighted by Crippen LogP contribution is 2.31. The quantitative estimate of drug-likeness (QED) is 0.329. The van der Waals surface area contributed by atoms with Gasteiger partial charge in [-0.1, -0.05) is 39.0 Å². The van der Waals surface area contributed by atoms with Crippen molar-refractivity contribution >= 4 is 17.5 Å². The molecule has 0 aliphatic rings. The molecule has 4 aromatic rings. The first-order chi connectivity index (χ1) is 20.2. The lowest BCUT2D eigenvalue weighted by Gasteiger charge is -2.19. The lowest BCUT2D eigenvalue weighted by molar-refractivity contribution is -0.137. The first-order valence-electron chi connectivity index (χ1n) is 13.8. The first-order valence-corrected chi connectivity index (χ1v) is 13.8. The molecule has 2 heterocycles. The van der Waals surface area contributed by atoms with E-state index in [2.05, 4.69) is 36.2 Å². The van der Waals surface area contributed by atoms with Crippen LogP contribution in [-0.2, 0) is 23.7 Å². The number of rotatable bonds is 7. The topological polar surface area (TPSA) is 117 Å². The molecule has 0 fully saturated rings. The van der Waals surface area contributed by atoms with E-state index in [1.807, 2.05) is 12.1 Å². The van der Waals surface area contributed by atoms with Crippen LogP contribution in [0, 0.1) is 12.7 Å². The molecule has 224 valence electrons. The van der Waals surface area contributed by atoms with Gasteiger partial charge in [0.1, 0.15) is 5.82 Å². The largest absolute Gasteiger partial charge is 0.378 e. The molecular weight excluding hydrogens is 549 g/mol. The van der Waals surface area contributed by atoms with Crippen LogP contribution in [0.2, 0.25) is 0 Å². The predicted octanol–water partition coefficient (Wildman–Crippen LogP) is 4.55. The Labute approximate surface area is 250 Å². The fourth-order valence-electron chi connectivity index (χ4n) is 4.63. The van der Waals surface area contributed by atoms with Crippen LogP contribution in [0.4, 0.5) is 10.1 Å². The number of aryl methyl sites for hydroxylation is 1. The van der Waals surface area contributed by atoms with Crippen LogP contribution in [0.25, 0.3) is 11.3 Å². The molecule has 43 heavy (non-hydrogen) atoms. The number of nitrogens with zero attached hydrogens (tertiary/aromatic N) is 4. The summed E-state index contributed by atoms with van der Waals surface area (Å²) in [5, 5.41) is 17.4. The molecule has 2 aromatic heterocycles. The summed E-state index contributed by atoms with van der Waals surface area (Å²) in [5.74, 6) is -1.50. The molecule has 0 bridgehead atoms. The third-order valence-corrected chi connectivity index (χ3v) is 7.29. The average Bonchev–Trinajstić information content (AvgIpc) is 2.96. The van der Waals surface area contributed by atoms with E-state index in [-0.39, 0.29) is 23.1 Å². The zero-order chi connectivity index (χ0) is 31.6. The van der Waals surface area contributed by atoms with Gasteiger partial charge in [-0.3, -0.25) is 19.4 Å². The number of carbonyl (C=O) groups is 2. The van der Waals surface area contributed by atoms with Crippen LogP contribution in [-0.4, -0.2) is 50.7 Å². The lowest BCUT2D eigenvalue weighted by atomic mass is 9.86. The highest BCUT2D eigenvalue weighted by molar-refractivity contribution is 6.05. The van der Waals surface area contributed by atoms with E-state index < -0.39 is 23.7 Å². The van der Waals surface area contributed by atoms with Crippen molar-refractivity contribution in [3.63, 3.8) is 0 Å². The number of halogens is 1. The first kappa shape index (κ1) is 31.2. The van der Waals surface area contributed by atoms with Gasteiger partial charge < -0.3 is 15.3 Å². The molecule has 0 spiro atoms. The van der Waals surface area contributed by atoms with E-state index in [0.717, 1.165) is 5.56 Å². The summed E-state index contributed by atoms with van der Waals surface area (Å²) in [7, 11) is 4.63. The molecule has 2 amide bonds. The fraction of sp³-hybridized carbons (Fsp3) is 0.303. The van der Waals surface area contributed by atoms with Crippen molar-refractivity contribution in [1.29, 1.82) is 0 Å². The van der Waals surface area contributed by atoms with Crippen LogP contribution >= 0.6 is 0 Å². The number of aliphatic hydroxyl groups is 1. The van der Waals surface area contributed by atoms with Crippen LogP contribution < -0.4 is 10.9 Å². The highest BCUT2D eigenvalue weighted by Gasteiger charge is 2.21. The van der Waals surface area contributed by atoms with E-state index >= 15 is 0 Å². The van der Waals surface area contributed by atoms with Gasteiger partial charge >= 0.3 is 0 Å². The average molecular weight is 586 g/mol. The molecule has 0 aliphatic heterocycles. The molecule has 1 atom stereocenters. The molecule has 1 unspecified atom stereocenters. The molecule has 10 heteroatoms. The number of benzene rings is 2. The van der Waals surface area contributed by atoms with Gasteiger partial charge in [0.25, 0.3) is 17.4 Å². The Balaban J connectivity index is 1.62. The van der Waals surface area contributed by atoms with E-state index in [4.69, 9.17) is 0 Å². The van der Waals surface area contributed by atoms with Gasteiger partial charge in [-0.25, -0.2) is 9.07 Å². The number of anilines is 1. The summed E-state index contributed by atoms with van der Waals surface area (Å²) in [4.78, 5) is 43.7. The van der Waals surface area contributed by atoms with Gasteiger partial charge in [-0.05, 0) is 59.9 Å². The number of aliphatic hydroxyl groups excluding tert-OH is 1. The van der Waals surface area contributed by atoms with Crippen LogP contribution in [0.5, 0.6) is 0 Å². The molecular formula is C33H36FN5O4. The smallest absolute Gasteiger partial charge is 0.270 e. The summed E-state index contributed by atoms with van der Waals surface area (Å²) in [5.41, 5.74) is 3.81. The lowest BCUT2D eigenvalue weighted by Crippen LogP contribution is -2.28. The number of hydrogen-bond acceptors (Lipinski definition) is 6. The summed E-state index contributed by atoms with van der Waals surface area (Å²) in [6, 6.07) is 14.9. The number of aromatic nitrogens is 3. The Kier molecular flexibility index (Phi) is 8.91. The van der Waals surface area contributed by atoms with Crippen molar-refractivity contribution in [2.45, 2.75) is 45.6 Å². The van der Waals surface area contributed by atoms with E-state index in [9.17, 15) is 23.9 Å². The summed E-state index contributed by atoms with van der Waals surface area (Å²) < 4.78 is 16.2. The zero-order valence-electron chi connectivity index (χ0n) is 25.4. The van der Waals surface area contributed by atoms with E-state index in [1.165, 1.54) is 28.9 Å². The van der Waals surface area contributed by atoms with Crippen molar-refractivity contribution in [1.82, 2.24) is 19.7 Å². The number of hydrogen-bond donors (Lipinski definition) is 2. The van der Waals surface area contributed by atoms with Crippen LogP contribution in [0.1, 0.15) is 65.2 Å². The van der Waals surface area contributed by atoms with Crippen molar-refractivity contribution in [2.75, 3.05) is 19.4 Å². The number of amides is 2. The van der Waals surface area contributed by atoms with Gasteiger partial charge in [0.2, 0.25) is 0 Å². The molecule has 4 rings (SSSR count). The molecule has 2 aromatic carbocycles. The number of carbonyl (C=O) groups excluding carboxylic acids is 2.